The number of H-pyrrole nitrogens is 1. The summed E-state index contributed by atoms with van der Waals surface area (Å²) in [5.74, 6) is 0. The second kappa shape index (κ2) is 5.21. The molecular formula is C11H12BrN3O2S. The summed E-state index contributed by atoms with van der Waals surface area (Å²) in [4.78, 5) is 0.176. The topological polar surface area (TPSA) is 74.8 Å². The van der Waals surface area contributed by atoms with Crippen LogP contribution in [0.2, 0.25) is 0 Å². The minimum Gasteiger partial charge on any atom is -0.281 e. The van der Waals surface area contributed by atoms with Crippen molar-refractivity contribution in [1.29, 1.82) is 0 Å². The number of hydrogen-bond acceptors (Lipinski definition) is 3. The first-order valence-corrected chi connectivity index (χ1v) is 7.51. The molecule has 1 aromatic carbocycles. The van der Waals surface area contributed by atoms with E-state index in [9.17, 15) is 8.42 Å². The molecule has 0 atom stereocenters. The van der Waals surface area contributed by atoms with Gasteiger partial charge < -0.3 is 0 Å². The zero-order valence-corrected chi connectivity index (χ0v) is 12.0. The van der Waals surface area contributed by atoms with Crippen LogP contribution in [0.1, 0.15) is 11.3 Å². The van der Waals surface area contributed by atoms with E-state index in [2.05, 4.69) is 30.8 Å². The quantitative estimate of drug-likeness (QED) is 0.900. The first-order chi connectivity index (χ1) is 8.50. The molecule has 2 N–H and O–H groups in total. The maximum atomic E-state index is 12.0. The molecule has 0 radical (unpaired) electrons. The van der Waals surface area contributed by atoms with Gasteiger partial charge in [-0.05, 0) is 18.6 Å². The SMILES string of the molecule is Cc1[nH]ncc1S(=O)(=O)NCc1ccccc1Br. The number of aromatic amines is 1. The number of aryl methyl sites for hydroxylation is 1. The number of sulfonamides is 1. The zero-order valence-electron chi connectivity index (χ0n) is 9.64. The summed E-state index contributed by atoms with van der Waals surface area (Å²) in [7, 11) is -3.53. The Hall–Kier alpha value is -1.18. The molecule has 1 aromatic heterocycles. The number of halogens is 1. The predicted octanol–water partition coefficient (Wildman–Crippen LogP) is 1.96. The predicted molar refractivity (Wildman–Crippen MR) is 71.5 cm³/mol. The molecular weight excluding hydrogens is 318 g/mol. The molecule has 0 saturated carbocycles. The Morgan fingerprint density at radius 2 is 2.11 bits per heavy atom. The maximum absolute atomic E-state index is 12.0. The van der Waals surface area contributed by atoms with Crippen LogP contribution in [0.15, 0.2) is 39.8 Å². The van der Waals surface area contributed by atoms with Crippen molar-refractivity contribution in [2.45, 2.75) is 18.4 Å². The lowest BCUT2D eigenvalue weighted by molar-refractivity contribution is 0.580. The molecule has 0 unspecified atom stereocenters. The Balaban J connectivity index is 2.16. The molecule has 2 aromatic rings. The minimum absolute atomic E-state index is 0.176. The summed E-state index contributed by atoms with van der Waals surface area (Å²) in [6.07, 6.45) is 1.30. The smallest absolute Gasteiger partial charge is 0.244 e. The highest BCUT2D eigenvalue weighted by Crippen LogP contribution is 2.17. The Kier molecular flexibility index (Phi) is 3.84. The van der Waals surface area contributed by atoms with Crippen molar-refractivity contribution < 1.29 is 8.42 Å². The lowest BCUT2D eigenvalue weighted by atomic mass is 10.2. The average molecular weight is 330 g/mol. The van der Waals surface area contributed by atoms with Gasteiger partial charge in [-0.15, -0.1) is 0 Å². The standard InChI is InChI=1S/C11H12BrN3O2S/c1-8-11(7-13-15-8)18(16,17)14-6-9-4-2-3-5-10(9)12/h2-5,7,14H,6H2,1H3,(H,13,15). The van der Waals surface area contributed by atoms with Gasteiger partial charge in [0.05, 0.1) is 11.9 Å². The van der Waals surface area contributed by atoms with Crippen LogP contribution < -0.4 is 4.72 Å². The fourth-order valence-electron chi connectivity index (χ4n) is 1.50. The van der Waals surface area contributed by atoms with E-state index >= 15 is 0 Å². The van der Waals surface area contributed by atoms with Gasteiger partial charge >= 0.3 is 0 Å². The van der Waals surface area contributed by atoms with E-state index in [-0.39, 0.29) is 11.4 Å². The Bertz CT molecular complexity index is 652. The van der Waals surface area contributed by atoms with Crippen LogP contribution in [0.3, 0.4) is 0 Å². The van der Waals surface area contributed by atoms with Crippen molar-refractivity contribution in [3.05, 3.63) is 46.2 Å². The number of hydrogen-bond donors (Lipinski definition) is 2. The molecule has 0 aliphatic carbocycles. The van der Waals surface area contributed by atoms with Crippen LogP contribution in [0.4, 0.5) is 0 Å². The average Bonchev–Trinajstić information content (AvgIpc) is 2.75. The Labute approximate surface area is 114 Å². The molecule has 5 nitrogen and oxygen atoms in total. The van der Waals surface area contributed by atoms with E-state index in [1.54, 1.807) is 6.92 Å². The van der Waals surface area contributed by atoms with Crippen LogP contribution in [0, 0.1) is 6.92 Å². The van der Waals surface area contributed by atoms with E-state index in [1.165, 1.54) is 6.20 Å². The van der Waals surface area contributed by atoms with Gasteiger partial charge in [0, 0.05) is 11.0 Å². The van der Waals surface area contributed by atoms with Crippen molar-refractivity contribution in [3.8, 4) is 0 Å². The Morgan fingerprint density at radius 3 is 2.72 bits per heavy atom. The van der Waals surface area contributed by atoms with E-state index in [4.69, 9.17) is 0 Å². The molecule has 7 heteroatoms. The number of aromatic nitrogens is 2. The van der Waals surface area contributed by atoms with Gasteiger partial charge in [0.1, 0.15) is 4.90 Å². The highest BCUT2D eigenvalue weighted by atomic mass is 79.9. The van der Waals surface area contributed by atoms with Gasteiger partial charge in [-0.1, -0.05) is 34.1 Å². The van der Waals surface area contributed by atoms with Crippen molar-refractivity contribution in [1.82, 2.24) is 14.9 Å². The summed E-state index contributed by atoms with van der Waals surface area (Å²) < 4.78 is 27.4. The van der Waals surface area contributed by atoms with Gasteiger partial charge in [-0.3, -0.25) is 5.10 Å². The van der Waals surface area contributed by atoms with Crippen LogP contribution in [-0.4, -0.2) is 18.6 Å². The van der Waals surface area contributed by atoms with Crippen molar-refractivity contribution in [2.75, 3.05) is 0 Å². The lowest BCUT2D eigenvalue weighted by Gasteiger charge is -2.07. The van der Waals surface area contributed by atoms with Crippen molar-refractivity contribution >= 4 is 26.0 Å². The molecule has 0 aliphatic rings. The highest BCUT2D eigenvalue weighted by molar-refractivity contribution is 9.10. The molecule has 96 valence electrons. The fraction of sp³-hybridized carbons (Fsp3) is 0.182. The van der Waals surface area contributed by atoms with Crippen molar-refractivity contribution in [3.63, 3.8) is 0 Å². The maximum Gasteiger partial charge on any atom is 0.244 e. The minimum atomic E-state index is -3.53. The molecule has 0 spiro atoms. The number of rotatable bonds is 4. The second-order valence-corrected chi connectivity index (χ2v) is 6.36. The van der Waals surface area contributed by atoms with E-state index < -0.39 is 10.0 Å². The summed E-state index contributed by atoms with van der Waals surface area (Å²) in [5, 5.41) is 6.31. The normalized spacial score (nSPS) is 11.7. The van der Waals surface area contributed by atoms with Gasteiger partial charge in [-0.2, -0.15) is 5.10 Å². The monoisotopic (exact) mass is 329 g/mol. The van der Waals surface area contributed by atoms with E-state index in [0.29, 0.717) is 5.69 Å². The molecule has 0 saturated heterocycles. The first-order valence-electron chi connectivity index (χ1n) is 5.24. The Morgan fingerprint density at radius 1 is 1.39 bits per heavy atom. The molecule has 2 rings (SSSR count). The van der Waals surface area contributed by atoms with E-state index in [0.717, 1.165) is 10.0 Å². The highest BCUT2D eigenvalue weighted by Gasteiger charge is 2.18. The fourth-order valence-corrected chi connectivity index (χ4v) is 3.07. The van der Waals surface area contributed by atoms with Crippen LogP contribution >= 0.6 is 15.9 Å². The summed E-state index contributed by atoms with van der Waals surface area (Å²) in [5.41, 5.74) is 1.40. The third-order valence-electron chi connectivity index (χ3n) is 2.48. The lowest BCUT2D eigenvalue weighted by Crippen LogP contribution is -2.23. The largest absolute Gasteiger partial charge is 0.281 e. The second-order valence-electron chi connectivity index (χ2n) is 3.78. The van der Waals surface area contributed by atoms with E-state index in [1.807, 2.05) is 24.3 Å². The van der Waals surface area contributed by atoms with Gasteiger partial charge in [0.25, 0.3) is 0 Å². The molecule has 0 aliphatic heterocycles. The molecule has 0 bridgehead atoms. The third kappa shape index (κ3) is 2.80. The van der Waals surface area contributed by atoms with Crippen molar-refractivity contribution in [2.24, 2.45) is 0 Å². The third-order valence-corrected chi connectivity index (χ3v) is 4.77. The first kappa shape index (κ1) is 13.3. The number of nitrogens with one attached hydrogen (secondary N) is 2. The molecule has 0 fully saturated rings. The van der Waals surface area contributed by atoms with Crippen LogP contribution in [-0.2, 0) is 16.6 Å². The van der Waals surface area contributed by atoms with Gasteiger partial charge in [0.15, 0.2) is 0 Å². The summed E-state index contributed by atoms with van der Waals surface area (Å²) >= 11 is 3.37. The molecule has 18 heavy (non-hydrogen) atoms. The number of nitrogens with zero attached hydrogens (tertiary/aromatic N) is 1. The van der Waals surface area contributed by atoms with Crippen LogP contribution in [0.5, 0.6) is 0 Å². The van der Waals surface area contributed by atoms with Gasteiger partial charge in [-0.25, -0.2) is 13.1 Å². The summed E-state index contributed by atoms with van der Waals surface area (Å²) in [6, 6.07) is 7.46. The number of benzene rings is 1. The van der Waals surface area contributed by atoms with Crippen LogP contribution in [0.25, 0.3) is 0 Å². The zero-order chi connectivity index (χ0) is 13.2. The van der Waals surface area contributed by atoms with Gasteiger partial charge in [0.2, 0.25) is 10.0 Å². The molecule has 1 heterocycles. The molecule has 0 amide bonds. The summed E-state index contributed by atoms with van der Waals surface area (Å²) in [6.45, 7) is 1.90.